The standard InChI is InChI=1S/C15H21N3/c1-11(2)9-10-18-15(16)14(12(3)17-18)13-7-5-4-6-8-13/h4-8,11H,9-10,16H2,1-3H3. The molecule has 96 valence electrons. The van der Waals surface area contributed by atoms with E-state index in [1.165, 1.54) is 0 Å². The second kappa shape index (κ2) is 5.25. The summed E-state index contributed by atoms with van der Waals surface area (Å²) < 4.78 is 1.93. The second-order valence-electron chi connectivity index (χ2n) is 5.12. The van der Waals surface area contributed by atoms with Gasteiger partial charge in [0.25, 0.3) is 0 Å². The molecule has 0 aliphatic carbocycles. The predicted molar refractivity (Wildman–Crippen MR) is 76.3 cm³/mol. The minimum Gasteiger partial charge on any atom is -0.383 e. The number of benzene rings is 1. The summed E-state index contributed by atoms with van der Waals surface area (Å²) in [5.74, 6) is 1.44. The highest BCUT2D eigenvalue weighted by Gasteiger charge is 2.13. The van der Waals surface area contributed by atoms with Crippen molar-refractivity contribution in [3.8, 4) is 11.1 Å². The third-order valence-electron chi connectivity index (χ3n) is 3.15. The number of anilines is 1. The van der Waals surface area contributed by atoms with Crippen molar-refractivity contribution >= 4 is 5.82 Å². The van der Waals surface area contributed by atoms with Crippen molar-refractivity contribution in [1.29, 1.82) is 0 Å². The highest BCUT2D eigenvalue weighted by Crippen LogP contribution is 2.29. The molecule has 0 atom stereocenters. The first-order valence-electron chi connectivity index (χ1n) is 6.48. The molecule has 1 aromatic carbocycles. The van der Waals surface area contributed by atoms with Crippen molar-refractivity contribution in [1.82, 2.24) is 9.78 Å². The van der Waals surface area contributed by atoms with Gasteiger partial charge in [-0.25, -0.2) is 4.68 Å². The van der Waals surface area contributed by atoms with E-state index in [-0.39, 0.29) is 0 Å². The van der Waals surface area contributed by atoms with Crippen molar-refractivity contribution in [2.45, 2.75) is 33.7 Å². The molecule has 1 heterocycles. The van der Waals surface area contributed by atoms with E-state index in [9.17, 15) is 0 Å². The lowest BCUT2D eigenvalue weighted by molar-refractivity contribution is 0.490. The summed E-state index contributed by atoms with van der Waals surface area (Å²) in [6.45, 7) is 7.33. The topological polar surface area (TPSA) is 43.8 Å². The van der Waals surface area contributed by atoms with Gasteiger partial charge in [0.2, 0.25) is 0 Å². The van der Waals surface area contributed by atoms with Gasteiger partial charge >= 0.3 is 0 Å². The lowest BCUT2D eigenvalue weighted by atomic mass is 10.1. The molecule has 0 spiro atoms. The molecule has 2 N–H and O–H groups in total. The zero-order valence-electron chi connectivity index (χ0n) is 11.4. The normalized spacial score (nSPS) is 11.1. The van der Waals surface area contributed by atoms with Crippen LogP contribution in [0.25, 0.3) is 11.1 Å². The maximum absolute atomic E-state index is 6.22. The Morgan fingerprint density at radius 3 is 2.50 bits per heavy atom. The summed E-state index contributed by atoms with van der Waals surface area (Å²) in [5.41, 5.74) is 9.44. The summed E-state index contributed by atoms with van der Waals surface area (Å²) in [4.78, 5) is 0. The van der Waals surface area contributed by atoms with Crippen LogP contribution in [0.1, 0.15) is 26.0 Å². The van der Waals surface area contributed by atoms with Gasteiger partial charge in [0, 0.05) is 12.1 Å². The number of aromatic nitrogens is 2. The average Bonchev–Trinajstić information content (AvgIpc) is 2.63. The van der Waals surface area contributed by atoms with E-state index >= 15 is 0 Å². The van der Waals surface area contributed by atoms with Gasteiger partial charge in [-0.15, -0.1) is 0 Å². The van der Waals surface area contributed by atoms with Crippen molar-refractivity contribution in [2.24, 2.45) is 5.92 Å². The van der Waals surface area contributed by atoms with Gasteiger partial charge in [-0.1, -0.05) is 44.2 Å². The second-order valence-corrected chi connectivity index (χ2v) is 5.12. The molecule has 3 nitrogen and oxygen atoms in total. The minimum atomic E-state index is 0.661. The molecule has 0 radical (unpaired) electrons. The minimum absolute atomic E-state index is 0.661. The van der Waals surface area contributed by atoms with Crippen LogP contribution in [0.2, 0.25) is 0 Å². The van der Waals surface area contributed by atoms with Gasteiger partial charge in [-0.2, -0.15) is 5.10 Å². The van der Waals surface area contributed by atoms with Crippen LogP contribution in [-0.2, 0) is 6.54 Å². The molecular formula is C15H21N3. The molecule has 3 heteroatoms. The van der Waals surface area contributed by atoms with Crippen molar-refractivity contribution in [3.63, 3.8) is 0 Å². The van der Waals surface area contributed by atoms with E-state index in [2.05, 4.69) is 31.1 Å². The fourth-order valence-electron chi connectivity index (χ4n) is 2.11. The summed E-state index contributed by atoms with van der Waals surface area (Å²) in [6, 6.07) is 10.2. The molecule has 0 fully saturated rings. The zero-order valence-corrected chi connectivity index (χ0v) is 11.4. The first-order chi connectivity index (χ1) is 8.59. The van der Waals surface area contributed by atoms with Gasteiger partial charge in [0.15, 0.2) is 0 Å². The summed E-state index contributed by atoms with van der Waals surface area (Å²) in [5, 5.41) is 4.55. The third kappa shape index (κ3) is 2.55. The Morgan fingerprint density at radius 1 is 1.22 bits per heavy atom. The maximum Gasteiger partial charge on any atom is 0.129 e. The fourth-order valence-corrected chi connectivity index (χ4v) is 2.11. The first kappa shape index (κ1) is 12.7. The number of nitrogen functional groups attached to an aromatic ring is 1. The van der Waals surface area contributed by atoms with E-state index in [1.54, 1.807) is 0 Å². The molecule has 2 rings (SSSR count). The Balaban J connectivity index is 2.33. The highest BCUT2D eigenvalue weighted by atomic mass is 15.3. The first-order valence-corrected chi connectivity index (χ1v) is 6.48. The quantitative estimate of drug-likeness (QED) is 0.893. The van der Waals surface area contributed by atoms with Crippen LogP contribution in [0.3, 0.4) is 0 Å². The number of hydrogen-bond acceptors (Lipinski definition) is 2. The molecule has 0 saturated carbocycles. The van der Waals surface area contributed by atoms with E-state index in [0.717, 1.165) is 35.6 Å². The smallest absolute Gasteiger partial charge is 0.129 e. The highest BCUT2D eigenvalue weighted by molar-refractivity contribution is 5.76. The predicted octanol–water partition coefficient (Wildman–Crippen LogP) is 3.49. The Hall–Kier alpha value is -1.77. The lowest BCUT2D eigenvalue weighted by Crippen LogP contribution is -2.07. The van der Waals surface area contributed by atoms with Crippen molar-refractivity contribution < 1.29 is 0 Å². The fraction of sp³-hybridized carbons (Fsp3) is 0.400. The van der Waals surface area contributed by atoms with Gasteiger partial charge in [0.05, 0.1) is 5.69 Å². The van der Waals surface area contributed by atoms with E-state index < -0.39 is 0 Å². The van der Waals surface area contributed by atoms with Crippen LogP contribution in [0.5, 0.6) is 0 Å². The van der Waals surface area contributed by atoms with Crippen LogP contribution in [0.4, 0.5) is 5.82 Å². The Kier molecular flexibility index (Phi) is 3.70. The van der Waals surface area contributed by atoms with Crippen LogP contribution in [0, 0.1) is 12.8 Å². The number of nitrogens with two attached hydrogens (primary N) is 1. The maximum atomic E-state index is 6.22. The van der Waals surface area contributed by atoms with Crippen molar-refractivity contribution in [2.75, 3.05) is 5.73 Å². The summed E-state index contributed by atoms with van der Waals surface area (Å²) in [6.07, 6.45) is 1.10. The van der Waals surface area contributed by atoms with Gasteiger partial charge in [-0.3, -0.25) is 0 Å². The summed E-state index contributed by atoms with van der Waals surface area (Å²) in [7, 11) is 0. The largest absolute Gasteiger partial charge is 0.383 e. The zero-order chi connectivity index (χ0) is 13.1. The van der Waals surface area contributed by atoms with E-state index in [4.69, 9.17) is 5.73 Å². The number of aryl methyl sites for hydroxylation is 2. The van der Waals surface area contributed by atoms with Crippen LogP contribution in [0.15, 0.2) is 30.3 Å². The molecule has 0 amide bonds. The van der Waals surface area contributed by atoms with Crippen LogP contribution >= 0.6 is 0 Å². The van der Waals surface area contributed by atoms with E-state index in [0.29, 0.717) is 5.92 Å². The SMILES string of the molecule is Cc1nn(CCC(C)C)c(N)c1-c1ccccc1. The Morgan fingerprint density at radius 2 is 1.89 bits per heavy atom. The van der Waals surface area contributed by atoms with Gasteiger partial charge in [0.1, 0.15) is 5.82 Å². The van der Waals surface area contributed by atoms with Crippen molar-refractivity contribution in [3.05, 3.63) is 36.0 Å². The Bertz CT molecular complexity index is 512. The number of nitrogens with zero attached hydrogens (tertiary/aromatic N) is 2. The van der Waals surface area contributed by atoms with E-state index in [1.807, 2.05) is 29.8 Å². The Labute approximate surface area is 109 Å². The number of rotatable bonds is 4. The molecule has 0 aliphatic rings. The van der Waals surface area contributed by atoms with Crippen LogP contribution in [-0.4, -0.2) is 9.78 Å². The molecule has 0 saturated heterocycles. The molecule has 0 bridgehead atoms. The molecule has 0 aliphatic heterocycles. The molecule has 2 aromatic rings. The van der Waals surface area contributed by atoms with Gasteiger partial charge < -0.3 is 5.73 Å². The molecule has 0 unspecified atom stereocenters. The molecular weight excluding hydrogens is 222 g/mol. The number of hydrogen-bond donors (Lipinski definition) is 1. The average molecular weight is 243 g/mol. The monoisotopic (exact) mass is 243 g/mol. The molecule has 1 aromatic heterocycles. The third-order valence-corrected chi connectivity index (χ3v) is 3.15. The lowest BCUT2D eigenvalue weighted by Gasteiger charge is -2.07. The van der Waals surface area contributed by atoms with Gasteiger partial charge in [-0.05, 0) is 24.8 Å². The molecule has 18 heavy (non-hydrogen) atoms. The summed E-state index contributed by atoms with van der Waals surface area (Å²) >= 11 is 0. The van der Waals surface area contributed by atoms with Crippen LogP contribution < -0.4 is 5.73 Å².